The van der Waals surface area contributed by atoms with Crippen LogP contribution in [0.4, 0.5) is 4.79 Å². The number of carbonyl (C=O) groups excluding carboxylic acids is 2. The second-order valence-electron chi connectivity index (χ2n) is 9.28. The van der Waals surface area contributed by atoms with Crippen LogP contribution in [-0.4, -0.2) is 79.4 Å². The Kier molecular flexibility index (Phi) is 6.95. The molecule has 2 aliphatic rings. The van der Waals surface area contributed by atoms with E-state index in [0.717, 1.165) is 5.56 Å². The molecule has 0 saturated carbocycles. The lowest BCUT2D eigenvalue weighted by molar-refractivity contribution is -0.138. The largest absolute Gasteiger partial charge is 0.444 e. The number of piperidine rings is 1. The van der Waals surface area contributed by atoms with Crippen molar-refractivity contribution in [3.8, 4) is 0 Å². The van der Waals surface area contributed by atoms with Crippen molar-refractivity contribution in [2.24, 2.45) is 5.92 Å². The molecule has 172 valence electrons. The lowest BCUT2D eigenvalue weighted by Gasteiger charge is -2.38. The SMILES string of the molecule is Cc1ccc(S(=O)(=O)N2CCC(C(=O)N3CCN(C(=O)OC(C)(C)C)CC3)CC2)cc1. The maximum atomic E-state index is 12.9. The van der Waals surface area contributed by atoms with E-state index < -0.39 is 15.6 Å². The number of amides is 2. The number of hydrogen-bond donors (Lipinski definition) is 0. The molecule has 1 aromatic carbocycles. The summed E-state index contributed by atoms with van der Waals surface area (Å²) < 4.78 is 32.6. The summed E-state index contributed by atoms with van der Waals surface area (Å²) in [7, 11) is -3.53. The van der Waals surface area contributed by atoms with E-state index in [-0.39, 0.29) is 17.9 Å². The first-order valence-corrected chi connectivity index (χ1v) is 12.2. The van der Waals surface area contributed by atoms with Gasteiger partial charge in [-0.05, 0) is 52.7 Å². The summed E-state index contributed by atoms with van der Waals surface area (Å²) in [5.41, 5.74) is 0.465. The highest BCUT2D eigenvalue weighted by Crippen LogP contribution is 2.26. The molecule has 0 aromatic heterocycles. The lowest BCUT2D eigenvalue weighted by Crippen LogP contribution is -2.53. The predicted octanol–water partition coefficient (Wildman–Crippen LogP) is 2.48. The molecule has 8 nitrogen and oxygen atoms in total. The quantitative estimate of drug-likeness (QED) is 0.705. The van der Waals surface area contributed by atoms with Crippen LogP contribution in [0.3, 0.4) is 0 Å². The number of ether oxygens (including phenoxy) is 1. The maximum absolute atomic E-state index is 12.9. The monoisotopic (exact) mass is 451 g/mol. The first-order chi connectivity index (χ1) is 14.5. The van der Waals surface area contributed by atoms with Gasteiger partial charge in [0.25, 0.3) is 0 Å². The van der Waals surface area contributed by atoms with E-state index >= 15 is 0 Å². The molecule has 31 heavy (non-hydrogen) atoms. The van der Waals surface area contributed by atoms with Gasteiger partial charge >= 0.3 is 6.09 Å². The number of benzene rings is 1. The zero-order chi connectivity index (χ0) is 22.8. The number of piperazine rings is 1. The van der Waals surface area contributed by atoms with Gasteiger partial charge < -0.3 is 14.5 Å². The second-order valence-corrected chi connectivity index (χ2v) is 11.2. The van der Waals surface area contributed by atoms with E-state index in [2.05, 4.69) is 0 Å². The van der Waals surface area contributed by atoms with Crippen LogP contribution in [0, 0.1) is 12.8 Å². The van der Waals surface area contributed by atoms with Gasteiger partial charge in [0, 0.05) is 45.2 Å². The van der Waals surface area contributed by atoms with Crippen LogP contribution in [0.5, 0.6) is 0 Å². The predicted molar refractivity (Wildman–Crippen MR) is 117 cm³/mol. The Morgan fingerprint density at radius 2 is 1.42 bits per heavy atom. The smallest absolute Gasteiger partial charge is 0.410 e. The summed E-state index contributed by atoms with van der Waals surface area (Å²) in [5, 5.41) is 0. The summed E-state index contributed by atoms with van der Waals surface area (Å²) in [6, 6.07) is 6.85. The minimum Gasteiger partial charge on any atom is -0.444 e. The van der Waals surface area contributed by atoms with E-state index in [0.29, 0.717) is 57.0 Å². The molecule has 0 radical (unpaired) electrons. The van der Waals surface area contributed by atoms with Crippen molar-refractivity contribution in [2.75, 3.05) is 39.3 Å². The Hall–Kier alpha value is -2.13. The Morgan fingerprint density at radius 3 is 1.94 bits per heavy atom. The summed E-state index contributed by atoms with van der Waals surface area (Å²) >= 11 is 0. The van der Waals surface area contributed by atoms with Gasteiger partial charge in [0.05, 0.1) is 4.90 Å². The van der Waals surface area contributed by atoms with E-state index in [1.54, 1.807) is 34.1 Å². The summed E-state index contributed by atoms with van der Waals surface area (Å²) in [4.78, 5) is 28.9. The van der Waals surface area contributed by atoms with Crippen molar-refractivity contribution >= 4 is 22.0 Å². The fourth-order valence-corrected chi connectivity index (χ4v) is 5.37. The summed E-state index contributed by atoms with van der Waals surface area (Å²) in [5.74, 6) is -0.131. The van der Waals surface area contributed by atoms with Gasteiger partial charge in [0.2, 0.25) is 15.9 Å². The average molecular weight is 452 g/mol. The molecule has 0 atom stereocenters. The number of carbonyl (C=O) groups is 2. The molecule has 9 heteroatoms. The number of sulfonamides is 1. The third kappa shape index (κ3) is 5.77. The molecular formula is C22H33N3O5S. The standard InChI is InChI=1S/C22H33N3O5S/c1-17-5-7-19(8-6-17)31(28,29)25-11-9-18(10-12-25)20(26)23-13-15-24(16-14-23)21(27)30-22(2,3)4/h5-8,18H,9-16H2,1-4H3. The fourth-order valence-electron chi connectivity index (χ4n) is 3.90. The first kappa shape index (κ1) is 23.5. The zero-order valence-electron chi connectivity index (χ0n) is 18.8. The highest BCUT2D eigenvalue weighted by atomic mass is 32.2. The van der Waals surface area contributed by atoms with E-state index in [9.17, 15) is 18.0 Å². The van der Waals surface area contributed by atoms with Gasteiger partial charge in [-0.1, -0.05) is 17.7 Å². The minimum absolute atomic E-state index is 0.0521. The van der Waals surface area contributed by atoms with Crippen LogP contribution in [0.1, 0.15) is 39.2 Å². The van der Waals surface area contributed by atoms with Gasteiger partial charge in [0.15, 0.2) is 0 Å². The number of rotatable bonds is 3. The van der Waals surface area contributed by atoms with E-state index in [4.69, 9.17) is 4.74 Å². The van der Waals surface area contributed by atoms with Crippen molar-refractivity contribution in [1.82, 2.24) is 14.1 Å². The molecular weight excluding hydrogens is 418 g/mol. The average Bonchev–Trinajstić information content (AvgIpc) is 2.72. The van der Waals surface area contributed by atoms with Crippen LogP contribution in [-0.2, 0) is 19.6 Å². The molecule has 0 spiro atoms. The molecule has 0 N–H and O–H groups in total. The summed E-state index contributed by atoms with van der Waals surface area (Å²) in [6.07, 6.45) is 0.668. The van der Waals surface area contributed by atoms with Crippen molar-refractivity contribution in [1.29, 1.82) is 0 Å². The minimum atomic E-state index is -3.53. The Morgan fingerprint density at radius 1 is 0.903 bits per heavy atom. The molecule has 2 aliphatic heterocycles. The normalized spacial score (nSPS) is 19.4. The van der Waals surface area contributed by atoms with Crippen LogP contribution in [0.25, 0.3) is 0 Å². The molecule has 2 heterocycles. The van der Waals surface area contributed by atoms with Crippen LogP contribution in [0.2, 0.25) is 0 Å². The fraction of sp³-hybridized carbons (Fsp3) is 0.636. The van der Waals surface area contributed by atoms with E-state index in [1.807, 2.05) is 27.7 Å². The molecule has 0 aliphatic carbocycles. The van der Waals surface area contributed by atoms with Gasteiger partial charge in [0.1, 0.15) is 5.60 Å². The Balaban J connectivity index is 1.51. The number of aryl methyl sites for hydroxylation is 1. The molecule has 2 fully saturated rings. The molecule has 2 saturated heterocycles. The second kappa shape index (κ2) is 9.16. The highest BCUT2D eigenvalue weighted by molar-refractivity contribution is 7.89. The third-order valence-electron chi connectivity index (χ3n) is 5.70. The lowest BCUT2D eigenvalue weighted by atomic mass is 9.96. The van der Waals surface area contributed by atoms with Gasteiger partial charge in [-0.25, -0.2) is 13.2 Å². The summed E-state index contributed by atoms with van der Waals surface area (Å²) in [6.45, 7) is 9.92. The van der Waals surface area contributed by atoms with Crippen LogP contribution < -0.4 is 0 Å². The molecule has 0 unspecified atom stereocenters. The molecule has 2 amide bonds. The van der Waals surface area contributed by atoms with Crippen LogP contribution >= 0.6 is 0 Å². The molecule has 1 aromatic rings. The number of nitrogens with zero attached hydrogens (tertiary/aromatic N) is 3. The Labute approximate surface area is 185 Å². The van der Waals surface area contributed by atoms with Crippen molar-refractivity contribution in [2.45, 2.75) is 51.0 Å². The van der Waals surface area contributed by atoms with Crippen molar-refractivity contribution < 1.29 is 22.7 Å². The van der Waals surface area contributed by atoms with Crippen molar-refractivity contribution in [3.63, 3.8) is 0 Å². The topological polar surface area (TPSA) is 87.2 Å². The highest BCUT2D eigenvalue weighted by Gasteiger charge is 2.35. The van der Waals surface area contributed by atoms with Gasteiger partial charge in [-0.2, -0.15) is 4.31 Å². The first-order valence-electron chi connectivity index (χ1n) is 10.8. The van der Waals surface area contributed by atoms with Gasteiger partial charge in [-0.15, -0.1) is 0 Å². The molecule has 0 bridgehead atoms. The maximum Gasteiger partial charge on any atom is 0.410 e. The van der Waals surface area contributed by atoms with Gasteiger partial charge in [-0.3, -0.25) is 4.79 Å². The number of hydrogen-bond acceptors (Lipinski definition) is 5. The third-order valence-corrected chi connectivity index (χ3v) is 7.62. The molecule has 3 rings (SSSR count). The van der Waals surface area contributed by atoms with Crippen LogP contribution in [0.15, 0.2) is 29.2 Å². The zero-order valence-corrected chi connectivity index (χ0v) is 19.7. The Bertz CT molecular complexity index is 892. The van der Waals surface area contributed by atoms with E-state index in [1.165, 1.54) is 4.31 Å². The van der Waals surface area contributed by atoms with Crippen molar-refractivity contribution in [3.05, 3.63) is 29.8 Å².